The molecular weight excluding hydrogens is 354 g/mol. The van der Waals surface area contributed by atoms with Crippen molar-refractivity contribution in [3.05, 3.63) is 67.9 Å². The van der Waals surface area contributed by atoms with Crippen LogP contribution in [0.5, 0.6) is 0 Å². The predicted molar refractivity (Wildman–Crippen MR) is 78.6 cm³/mol. The lowest BCUT2D eigenvalue weighted by molar-refractivity contribution is 0.0993. The van der Waals surface area contributed by atoms with E-state index in [0.29, 0.717) is 25.6 Å². The first-order valence-corrected chi connectivity index (χ1v) is 6.95. The highest BCUT2D eigenvalue weighted by Gasteiger charge is 2.14. The third kappa shape index (κ3) is 3.35. The molecule has 0 amide bonds. The van der Waals surface area contributed by atoms with Crippen LogP contribution in [0.15, 0.2) is 40.9 Å². The van der Waals surface area contributed by atoms with Crippen molar-refractivity contribution in [3.63, 3.8) is 0 Å². The zero-order valence-corrected chi connectivity index (χ0v) is 12.7. The minimum absolute atomic E-state index is 0.0540. The summed E-state index contributed by atoms with van der Waals surface area (Å²) >= 11 is 14.9. The topological polar surface area (TPSA) is 17.1 Å². The first-order valence-electron chi connectivity index (χ1n) is 5.40. The molecular formula is C14H8BrCl2FO. The van der Waals surface area contributed by atoms with E-state index in [1.807, 2.05) is 0 Å². The standard InChI is InChI=1S/C14H8BrCl2FO/c15-14-8(2-1-3-12(14)18)6-13(19)10-7-9(16)4-5-11(10)17/h1-5,7H,6H2. The summed E-state index contributed by atoms with van der Waals surface area (Å²) in [4.78, 5) is 12.2. The predicted octanol–water partition coefficient (Wildman–Crippen LogP) is 5.32. The zero-order valence-electron chi connectivity index (χ0n) is 9.59. The summed E-state index contributed by atoms with van der Waals surface area (Å²) in [6.45, 7) is 0. The van der Waals surface area contributed by atoms with Gasteiger partial charge in [0.05, 0.1) is 9.50 Å². The van der Waals surface area contributed by atoms with Crippen molar-refractivity contribution in [2.24, 2.45) is 0 Å². The second kappa shape index (κ2) is 6.04. The fourth-order valence-corrected chi connectivity index (χ4v) is 2.46. The fraction of sp³-hybridized carbons (Fsp3) is 0.0714. The van der Waals surface area contributed by atoms with E-state index in [-0.39, 0.29) is 12.2 Å². The first kappa shape index (κ1) is 14.5. The molecule has 0 aromatic heterocycles. The molecule has 0 fully saturated rings. The summed E-state index contributed by atoms with van der Waals surface area (Å²) in [6, 6.07) is 9.26. The summed E-state index contributed by atoms with van der Waals surface area (Å²) in [5, 5.41) is 0.771. The molecule has 19 heavy (non-hydrogen) atoms. The average Bonchev–Trinajstić information content (AvgIpc) is 2.38. The van der Waals surface area contributed by atoms with E-state index in [4.69, 9.17) is 23.2 Å². The molecule has 2 aromatic carbocycles. The minimum Gasteiger partial charge on any atom is -0.294 e. The maximum Gasteiger partial charge on any atom is 0.168 e. The number of hydrogen-bond donors (Lipinski definition) is 0. The van der Waals surface area contributed by atoms with Crippen molar-refractivity contribution >= 4 is 44.9 Å². The molecule has 0 aliphatic carbocycles. The molecule has 0 atom stereocenters. The highest BCUT2D eigenvalue weighted by molar-refractivity contribution is 9.10. The van der Waals surface area contributed by atoms with Crippen LogP contribution in [0.1, 0.15) is 15.9 Å². The molecule has 0 bridgehead atoms. The molecule has 0 unspecified atom stereocenters. The van der Waals surface area contributed by atoms with Crippen molar-refractivity contribution in [1.29, 1.82) is 0 Å². The lowest BCUT2D eigenvalue weighted by Gasteiger charge is -2.06. The average molecular weight is 362 g/mol. The highest BCUT2D eigenvalue weighted by atomic mass is 79.9. The lowest BCUT2D eigenvalue weighted by Crippen LogP contribution is -2.05. The van der Waals surface area contributed by atoms with Gasteiger partial charge in [0.25, 0.3) is 0 Å². The van der Waals surface area contributed by atoms with Crippen molar-refractivity contribution in [2.75, 3.05) is 0 Å². The molecule has 0 aliphatic rings. The van der Waals surface area contributed by atoms with E-state index >= 15 is 0 Å². The van der Waals surface area contributed by atoms with Crippen molar-refractivity contribution in [1.82, 2.24) is 0 Å². The molecule has 0 saturated carbocycles. The molecule has 1 nitrogen and oxygen atoms in total. The molecule has 2 rings (SSSR count). The highest BCUT2D eigenvalue weighted by Crippen LogP contribution is 2.25. The largest absolute Gasteiger partial charge is 0.294 e. The van der Waals surface area contributed by atoms with Crippen LogP contribution in [0.4, 0.5) is 4.39 Å². The van der Waals surface area contributed by atoms with Gasteiger partial charge in [-0.3, -0.25) is 4.79 Å². The van der Waals surface area contributed by atoms with Gasteiger partial charge in [0.1, 0.15) is 5.82 Å². The number of hydrogen-bond acceptors (Lipinski definition) is 1. The zero-order chi connectivity index (χ0) is 14.0. The van der Waals surface area contributed by atoms with Gasteiger partial charge < -0.3 is 0 Å². The Balaban J connectivity index is 2.31. The fourth-order valence-electron chi connectivity index (χ4n) is 1.66. The summed E-state index contributed by atoms with van der Waals surface area (Å²) in [6.07, 6.45) is 0.0540. The molecule has 0 radical (unpaired) electrons. The molecule has 0 aliphatic heterocycles. The molecule has 0 saturated heterocycles. The summed E-state index contributed by atoms with van der Waals surface area (Å²) in [5.74, 6) is -0.610. The monoisotopic (exact) mass is 360 g/mol. The number of halogens is 4. The van der Waals surface area contributed by atoms with Crippen molar-refractivity contribution in [3.8, 4) is 0 Å². The summed E-state index contributed by atoms with van der Waals surface area (Å²) in [7, 11) is 0. The summed E-state index contributed by atoms with van der Waals surface area (Å²) < 4.78 is 13.7. The third-order valence-corrected chi connectivity index (χ3v) is 4.06. The van der Waals surface area contributed by atoms with Gasteiger partial charge in [-0.15, -0.1) is 0 Å². The second-order valence-electron chi connectivity index (χ2n) is 3.94. The Labute approximate surface area is 128 Å². The van der Waals surface area contributed by atoms with Crippen molar-refractivity contribution < 1.29 is 9.18 Å². The smallest absolute Gasteiger partial charge is 0.168 e. The van der Waals surface area contributed by atoms with E-state index < -0.39 is 5.82 Å². The number of ketones is 1. The van der Waals surface area contributed by atoms with Crippen LogP contribution in [-0.2, 0) is 6.42 Å². The van der Waals surface area contributed by atoms with Gasteiger partial charge in [0.15, 0.2) is 5.78 Å². The van der Waals surface area contributed by atoms with E-state index in [1.165, 1.54) is 12.1 Å². The molecule has 5 heteroatoms. The van der Waals surface area contributed by atoms with Gasteiger partial charge in [0, 0.05) is 17.0 Å². The molecule has 0 N–H and O–H groups in total. The van der Waals surface area contributed by atoms with Gasteiger partial charge >= 0.3 is 0 Å². The Morgan fingerprint density at radius 3 is 2.68 bits per heavy atom. The first-order chi connectivity index (χ1) is 8.99. The van der Waals surface area contributed by atoms with Crippen LogP contribution in [0.25, 0.3) is 0 Å². The second-order valence-corrected chi connectivity index (χ2v) is 5.57. The Hall–Kier alpha value is -0.900. The number of rotatable bonds is 3. The quantitative estimate of drug-likeness (QED) is 0.676. The van der Waals surface area contributed by atoms with Crippen LogP contribution in [-0.4, -0.2) is 5.78 Å². The van der Waals surface area contributed by atoms with Gasteiger partial charge in [-0.05, 0) is 45.8 Å². The van der Waals surface area contributed by atoms with E-state index in [0.717, 1.165) is 0 Å². The van der Waals surface area contributed by atoms with Gasteiger partial charge in [-0.1, -0.05) is 35.3 Å². The van der Waals surface area contributed by atoms with E-state index in [9.17, 15) is 9.18 Å². The maximum absolute atomic E-state index is 13.4. The Morgan fingerprint density at radius 2 is 1.95 bits per heavy atom. The van der Waals surface area contributed by atoms with Gasteiger partial charge in [-0.2, -0.15) is 0 Å². The van der Waals surface area contributed by atoms with Gasteiger partial charge in [-0.25, -0.2) is 4.39 Å². The molecule has 2 aromatic rings. The van der Waals surface area contributed by atoms with Crippen molar-refractivity contribution in [2.45, 2.75) is 6.42 Å². The number of carbonyl (C=O) groups excluding carboxylic acids is 1. The number of carbonyl (C=O) groups is 1. The Morgan fingerprint density at radius 1 is 1.21 bits per heavy atom. The minimum atomic E-state index is -0.400. The Bertz CT molecular complexity index is 643. The molecule has 98 valence electrons. The van der Waals surface area contributed by atoms with Crippen LogP contribution in [0, 0.1) is 5.82 Å². The maximum atomic E-state index is 13.4. The normalized spacial score (nSPS) is 10.5. The van der Waals surface area contributed by atoms with Gasteiger partial charge in [0.2, 0.25) is 0 Å². The third-order valence-electron chi connectivity index (χ3n) is 2.61. The SMILES string of the molecule is O=C(Cc1cccc(F)c1Br)c1cc(Cl)ccc1Cl. The number of Topliss-reactive ketones (excluding diaryl/α,β-unsaturated/α-hetero) is 1. The van der Waals surface area contributed by atoms with E-state index in [2.05, 4.69) is 15.9 Å². The Kier molecular flexibility index (Phi) is 4.61. The van der Waals surface area contributed by atoms with Crippen LogP contribution < -0.4 is 0 Å². The lowest BCUT2D eigenvalue weighted by atomic mass is 10.0. The van der Waals surface area contributed by atoms with Crippen LogP contribution in [0.2, 0.25) is 10.0 Å². The van der Waals surface area contributed by atoms with Crippen LogP contribution >= 0.6 is 39.1 Å². The van der Waals surface area contributed by atoms with Crippen LogP contribution in [0.3, 0.4) is 0 Å². The summed E-state index contributed by atoms with van der Waals surface area (Å²) in [5.41, 5.74) is 0.909. The van der Waals surface area contributed by atoms with E-state index in [1.54, 1.807) is 24.3 Å². The number of benzene rings is 2. The molecule has 0 spiro atoms. The molecule has 0 heterocycles.